The number of hydrogen-bond donors (Lipinski definition) is 1. The molecular formula is C20H28N2O5. The summed E-state index contributed by atoms with van der Waals surface area (Å²) in [6, 6.07) is 5.17. The maximum Gasteiger partial charge on any atom is 0.253 e. The van der Waals surface area contributed by atoms with Crippen molar-refractivity contribution in [3.63, 3.8) is 0 Å². The number of hydrogen-bond acceptors (Lipinski definition) is 5. The molecule has 0 unspecified atom stereocenters. The smallest absolute Gasteiger partial charge is 0.253 e. The van der Waals surface area contributed by atoms with Crippen LogP contribution in [0, 0.1) is 5.92 Å². The van der Waals surface area contributed by atoms with Crippen LogP contribution < -0.4 is 14.8 Å². The number of likely N-dealkylation sites (tertiary alicyclic amines) is 1. The Kier molecular flexibility index (Phi) is 6.55. The molecule has 0 spiro atoms. The van der Waals surface area contributed by atoms with Crippen molar-refractivity contribution >= 4 is 11.8 Å². The fraction of sp³-hybridized carbons (Fsp3) is 0.600. The molecule has 2 fully saturated rings. The molecule has 2 amide bonds. The second kappa shape index (κ2) is 9.08. The highest BCUT2D eigenvalue weighted by molar-refractivity contribution is 5.95. The molecule has 0 saturated carbocycles. The van der Waals surface area contributed by atoms with Gasteiger partial charge >= 0.3 is 0 Å². The summed E-state index contributed by atoms with van der Waals surface area (Å²) in [5, 5.41) is 3.00. The SMILES string of the molecule is COc1ccc(C(=O)N2CCC(C(=O)NC[C@H]3CCCO3)CC2)cc1OC. The number of benzene rings is 1. The molecule has 2 aliphatic heterocycles. The number of carbonyl (C=O) groups excluding carboxylic acids is 2. The zero-order valence-corrected chi connectivity index (χ0v) is 16.0. The van der Waals surface area contributed by atoms with Crippen LogP contribution in [0.15, 0.2) is 18.2 Å². The highest BCUT2D eigenvalue weighted by atomic mass is 16.5. The van der Waals surface area contributed by atoms with Crippen molar-refractivity contribution in [1.29, 1.82) is 0 Å². The standard InChI is InChI=1S/C20H28N2O5/c1-25-17-6-5-15(12-18(17)26-2)20(24)22-9-7-14(8-10-22)19(23)21-13-16-4-3-11-27-16/h5-6,12,14,16H,3-4,7-11,13H2,1-2H3,(H,21,23)/t16-/m1/s1. The van der Waals surface area contributed by atoms with Gasteiger partial charge in [-0.25, -0.2) is 0 Å². The molecule has 2 saturated heterocycles. The number of rotatable bonds is 6. The van der Waals surface area contributed by atoms with E-state index in [0.29, 0.717) is 49.5 Å². The molecule has 0 aromatic heterocycles. The number of amides is 2. The Morgan fingerprint density at radius 2 is 1.89 bits per heavy atom. The molecule has 2 aliphatic rings. The van der Waals surface area contributed by atoms with Gasteiger partial charge in [-0.15, -0.1) is 0 Å². The number of ether oxygens (including phenoxy) is 3. The van der Waals surface area contributed by atoms with E-state index in [-0.39, 0.29) is 23.8 Å². The van der Waals surface area contributed by atoms with Crippen LogP contribution in [-0.2, 0) is 9.53 Å². The van der Waals surface area contributed by atoms with Crippen molar-refractivity contribution in [2.75, 3.05) is 40.5 Å². The summed E-state index contributed by atoms with van der Waals surface area (Å²) < 4.78 is 16.0. The van der Waals surface area contributed by atoms with E-state index < -0.39 is 0 Å². The Balaban J connectivity index is 1.50. The minimum absolute atomic E-state index is 0.0409. The molecule has 0 radical (unpaired) electrons. The van der Waals surface area contributed by atoms with Gasteiger partial charge in [0, 0.05) is 37.7 Å². The Hall–Kier alpha value is -2.28. The van der Waals surface area contributed by atoms with E-state index in [1.54, 1.807) is 37.3 Å². The quantitative estimate of drug-likeness (QED) is 0.820. The zero-order chi connectivity index (χ0) is 19.2. The van der Waals surface area contributed by atoms with Crippen LogP contribution in [0.5, 0.6) is 11.5 Å². The highest BCUT2D eigenvalue weighted by Gasteiger charge is 2.28. The van der Waals surface area contributed by atoms with Crippen molar-refractivity contribution < 1.29 is 23.8 Å². The van der Waals surface area contributed by atoms with Crippen LogP contribution in [0.3, 0.4) is 0 Å². The van der Waals surface area contributed by atoms with Crippen molar-refractivity contribution in [3.8, 4) is 11.5 Å². The maximum absolute atomic E-state index is 12.8. The molecule has 1 aromatic carbocycles. The lowest BCUT2D eigenvalue weighted by molar-refractivity contribution is -0.126. The van der Waals surface area contributed by atoms with Crippen LogP contribution in [0.2, 0.25) is 0 Å². The Morgan fingerprint density at radius 3 is 2.52 bits per heavy atom. The number of nitrogens with one attached hydrogen (secondary N) is 1. The van der Waals surface area contributed by atoms with E-state index in [1.807, 2.05) is 0 Å². The van der Waals surface area contributed by atoms with Crippen LogP contribution in [0.1, 0.15) is 36.0 Å². The third kappa shape index (κ3) is 4.71. The van der Waals surface area contributed by atoms with E-state index in [4.69, 9.17) is 14.2 Å². The van der Waals surface area contributed by atoms with Gasteiger partial charge in [-0.05, 0) is 43.9 Å². The Bertz CT molecular complexity index is 664. The van der Waals surface area contributed by atoms with E-state index in [2.05, 4.69) is 5.32 Å². The minimum atomic E-state index is -0.0471. The summed E-state index contributed by atoms with van der Waals surface area (Å²) >= 11 is 0. The van der Waals surface area contributed by atoms with Gasteiger partial charge < -0.3 is 24.4 Å². The molecule has 148 valence electrons. The minimum Gasteiger partial charge on any atom is -0.493 e. The van der Waals surface area contributed by atoms with Crippen molar-refractivity contribution in [3.05, 3.63) is 23.8 Å². The van der Waals surface area contributed by atoms with E-state index in [9.17, 15) is 9.59 Å². The monoisotopic (exact) mass is 376 g/mol. The Labute approximate surface area is 160 Å². The van der Waals surface area contributed by atoms with E-state index >= 15 is 0 Å². The van der Waals surface area contributed by atoms with Gasteiger partial charge in [-0.2, -0.15) is 0 Å². The van der Waals surface area contributed by atoms with Crippen molar-refractivity contribution in [2.45, 2.75) is 31.8 Å². The molecule has 27 heavy (non-hydrogen) atoms. The Morgan fingerprint density at radius 1 is 1.15 bits per heavy atom. The first-order valence-corrected chi connectivity index (χ1v) is 9.53. The van der Waals surface area contributed by atoms with Gasteiger partial charge in [0.05, 0.1) is 20.3 Å². The van der Waals surface area contributed by atoms with Gasteiger partial charge in [-0.1, -0.05) is 0 Å². The third-order valence-corrected chi connectivity index (χ3v) is 5.31. The van der Waals surface area contributed by atoms with Gasteiger partial charge in [-0.3, -0.25) is 9.59 Å². The van der Waals surface area contributed by atoms with Gasteiger partial charge in [0.15, 0.2) is 11.5 Å². The molecule has 7 nitrogen and oxygen atoms in total. The first-order valence-electron chi connectivity index (χ1n) is 9.53. The third-order valence-electron chi connectivity index (χ3n) is 5.31. The maximum atomic E-state index is 12.8. The molecule has 0 aliphatic carbocycles. The molecule has 0 bridgehead atoms. The van der Waals surface area contributed by atoms with Crippen LogP contribution >= 0.6 is 0 Å². The van der Waals surface area contributed by atoms with Crippen LogP contribution in [-0.4, -0.2) is 63.3 Å². The normalized spacial score (nSPS) is 20.4. The van der Waals surface area contributed by atoms with Crippen molar-refractivity contribution in [2.24, 2.45) is 5.92 Å². The van der Waals surface area contributed by atoms with E-state index in [1.165, 1.54) is 0 Å². The molecule has 1 aromatic rings. The molecule has 1 N–H and O–H groups in total. The van der Waals surface area contributed by atoms with Gasteiger partial charge in [0.2, 0.25) is 5.91 Å². The summed E-state index contributed by atoms with van der Waals surface area (Å²) in [6.07, 6.45) is 3.59. The molecule has 7 heteroatoms. The summed E-state index contributed by atoms with van der Waals surface area (Å²) in [5.74, 6) is 1.11. The number of nitrogens with zero attached hydrogens (tertiary/aromatic N) is 1. The number of carbonyl (C=O) groups is 2. The first kappa shape index (κ1) is 19.5. The fourth-order valence-electron chi connectivity index (χ4n) is 3.66. The largest absolute Gasteiger partial charge is 0.493 e. The summed E-state index contributed by atoms with van der Waals surface area (Å²) in [6.45, 7) is 2.52. The van der Waals surface area contributed by atoms with Gasteiger partial charge in [0.1, 0.15) is 0 Å². The second-order valence-electron chi connectivity index (χ2n) is 7.02. The predicted molar refractivity (Wildman–Crippen MR) is 100 cm³/mol. The average Bonchev–Trinajstić information content (AvgIpc) is 3.24. The molecular weight excluding hydrogens is 348 g/mol. The molecule has 1 atom stereocenters. The summed E-state index contributed by atoms with van der Waals surface area (Å²) in [7, 11) is 3.11. The molecule has 2 heterocycles. The fourth-order valence-corrected chi connectivity index (χ4v) is 3.66. The van der Waals surface area contributed by atoms with Gasteiger partial charge in [0.25, 0.3) is 5.91 Å². The number of methoxy groups -OCH3 is 2. The van der Waals surface area contributed by atoms with Crippen LogP contribution in [0.25, 0.3) is 0 Å². The topological polar surface area (TPSA) is 77.1 Å². The lowest BCUT2D eigenvalue weighted by atomic mass is 9.95. The summed E-state index contributed by atoms with van der Waals surface area (Å²) in [5.41, 5.74) is 0.564. The van der Waals surface area contributed by atoms with Crippen molar-refractivity contribution in [1.82, 2.24) is 10.2 Å². The van der Waals surface area contributed by atoms with E-state index in [0.717, 1.165) is 19.4 Å². The summed E-state index contributed by atoms with van der Waals surface area (Å²) in [4.78, 5) is 26.9. The molecule has 3 rings (SSSR count). The number of piperidine rings is 1. The first-order chi connectivity index (χ1) is 13.1. The zero-order valence-electron chi connectivity index (χ0n) is 16.0. The lowest BCUT2D eigenvalue weighted by Crippen LogP contribution is -2.44. The average molecular weight is 376 g/mol. The predicted octanol–water partition coefficient (Wildman–Crippen LogP) is 1.85. The highest BCUT2D eigenvalue weighted by Crippen LogP contribution is 2.29. The lowest BCUT2D eigenvalue weighted by Gasteiger charge is -2.31. The second-order valence-corrected chi connectivity index (χ2v) is 7.02. The van der Waals surface area contributed by atoms with Crippen LogP contribution in [0.4, 0.5) is 0 Å².